The van der Waals surface area contributed by atoms with Gasteiger partial charge in [-0.05, 0) is 61.0 Å². The number of anilines is 1. The second-order valence-electron chi connectivity index (χ2n) is 10.9. The van der Waals surface area contributed by atoms with Gasteiger partial charge in [0.1, 0.15) is 12.6 Å². The molecule has 4 atom stereocenters. The van der Waals surface area contributed by atoms with E-state index in [0.717, 1.165) is 70.5 Å². The number of nitrogens with zero attached hydrogens (tertiary/aromatic N) is 6. The number of amides is 2. The topological polar surface area (TPSA) is 145 Å². The number of Topliss-reactive ketones (excluding diaryl/α,β-unsaturated/α-hetero) is 1. The van der Waals surface area contributed by atoms with Gasteiger partial charge in [-0.1, -0.05) is 24.9 Å². The van der Waals surface area contributed by atoms with Gasteiger partial charge < -0.3 is 20.3 Å². The molecule has 1 aromatic carbocycles. The molecule has 3 aliphatic heterocycles. The van der Waals surface area contributed by atoms with Crippen LogP contribution >= 0.6 is 0 Å². The van der Waals surface area contributed by atoms with E-state index in [0.29, 0.717) is 11.1 Å². The van der Waals surface area contributed by atoms with Crippen molar-refractivity contribution in [3.8, 4) is 0 Å². The Morgan fingerprint density at radius 1 is 1.21 bits per heavy atom. The highest BCUT2D eigenvalue weighted by Crippen LogP contribution is 2.43. The van der Waals surface area contributed by atoms with Crippen LogP contribution in [-0.2, 0) is 14.3 Å². The van der Waals surface area contributed by atoms with Gasteiger partial charge in [-0.25, -0.2) is 0 Å². The Labute approximate surface area is 222 Å². The number of azide groups is 1. The molecule has 0 bridgehead atoms. The van der Waals surface area contributed by atoms with Crippen LogP contribution in [0.15, 0.2) is 23.3 Å². The summed E-state index contributed by atoms with van der Waals surface area (Å²) in [7, 11) is 0. The zero-order valence-corrected chi connectivity index (χ0v) is 22.0. The van der Waals surface area contributed by atoms with Crippen molar-refractivity contribution in [3.05, 3.63) is 39.8 Å². The highest BCUT2D eigenvalue weighted by molar-refractivity contribution is 5.99. The Bertz CT molecular complexity index is 1120. The molecule has 0 aromatic heterocycles. The molecule has 4 fully saturated rings. The minimum absolute atomic E-state index is 0.0339. The largest absolute Gasteiger partial charge is 0.369 e. The highest BCUT2D eigenvalue weighted by Gasteiger charge is 2.53. The number of likely N-dealkylation sites (tertiary alicyclic amines) is 1. The van der Waals surface area contributed by atoms with Crippen molar-refractivity contribution in [1.29, 1.82) is 0 Å². The van der Waals surface area contributed by atoms with E-state index >= 15 is 0 Å². The molecule has 204 valence electrons. The van der Waals surface area contributed by atoms with Crippen molar-refractivity contribution in [1.82, 2.24) is 9.80 Å². The number of ether oxygens (including phenoxy) is 1. The first-order chi connectivity index (χ1) is 18.4. The van der Waals surface area contributed by atoms with Crippen molar-refractivity contribution < 1.29 is 19.1 Å². The van der Waals surface area contributed by atoms with E-state index in [1.165, 1.54) is 0 Å². The van der Waals surface area contributed by atoms with Crippen molar-refractivity contribution in [2.45, 2.75) is 63.1 Å². The summed E-state index contributed by atoms with van der Waals surface area (Å²) in [6.07, 6.45) is 4.23. The van der Waals surface area contributed by atoms with Crippen LogP contribution in [0.25, 0.3) is 10.4 Å². The van der Waals surface area contributed by atoms with E-state index < -0.39 is 30.0 Å². The van der Waals surface area contributed by atoms with Crippen LogP contribution in [-0.4, -0.2) is 91.5 Å². The van der Waals surface area contributed by atoms with Gasteiger partial charge in [0.25, 0.3) is 0 Å². The van der Waals surface area contributed by atoms with Gasteiger partial charge in [0.05, 0.1) is 18.1 Å². The van der Waals surface area contributed by atoms with Crippen molar-refractivity contribution >= 4 is 23.3 Å². The fraction of sp³-hybridized carbons (Fsp3) is 0.667. The lowest BCUT2D eigenvalue weighted by atomic mass is 9.80. The number of nitrogens with two attached hydrogens (primary N) is 1. The second kappa shape index (κ2) is 11.3. The molecule has 38 heavy (non-hydrogen) atoms. The van der Waals surface area contributed by atoms with Crippen LogP contribution in [0.5, 0.6) is 0 Å². The SMILES string of the molecule is CCCN1CCN(c2ccc(C(N)=O)c([C@@H](C(=O)N3C[C@@H](N=[N+]=[N-])[C@H]4OCC(=O)[C@H]43)C3CCCC3)c2)CC1. The van der Waals surface area contributed by atoms with Crippen molar-refractivity contribution in [2.75, 3.05) is 50.8 Å². The maximum absolute atomic E-state index is 14.4. The van der Waals surface area contributed by atoms with E-state index in [4.69, 9.17) is 16.0 Å². The zero-order chi connectivity index (χ0) is 26.8. The van der Waals surface area contributed by atoms with E-state index in [2.05, 4.69) is 26.7 Å². The Hall–Kier alpha value is -3.14. The highest BCUT2D eigenvalue weighted by atomic mass is 16.5. The standard InChI is InChI=1S/C27H37N7O4/c1-2-9-32-10-12-33(13-11-32)18-7-8-19(26(28)36)20(14-18)23(17-5-3-4-6-17)27(37)34-15-21(30-31-29)25-24(34)22(35)16-38-25/h7-8,14,17,21,23-25H,2-6,9-13,15-16H2,1H3,(H2,28,36)/t21-,23+,24-,25-/m1/s1. The number of benzene rings is 1. The van der Waals surface area contributed by atoms with Crippen LogP contribution in [0.2, 0.25) is 0 Å². The molecule has 3 heterocycles. The average Bonchev–Trinajstić information content (AvgIpc) is 3.65. The first kappa shape index (κ1) is 26.5. The van der Waals surface area contributed by atoms with Gasteiger partial charge >= 0.3 is 0 Å². The molecule has 0 radical (unpaired) electrons. The monoisotopic (exact) mass is 523 g/mol. The number of carbonyl (C=O) groups is 3. The number of hydrogen-bond donors (Lipinski definition) is 1. The molecule has 4 aliphatic rings. The first-order valence-corrected chi connectivity index (χ1v) is 13.8. The molecule has 0 spiro atoms. The fourth-order valence-electron chi connectivity index (χ4n) is 6.86. The van der Waals surface area contributed by atoms with E-state index in [1.54, 1.807) is 11.0 Å². The van der Waals surface area contributed by atoms with Gasteiger partial charge in [-0.15, -0.1) is 0 Å². The summed E-state index contributed by atoms with van der Waals surface area (Å²) in [6.45, 7) is 6.95. The molecule has 2 N–H and O–H groups in total. The third-order valence-corrected chi connectivity index (χ3v) is 8.69. The predicted molar refractivity (Wildman–Crippen MR) is 142 cm³/mol. The summed E-state index contributed by atoms with van der Waals surface area (Å²) in [5, 5.41) is 3.83. The fourth-order valence-corrected chi connectivity index (χ4v) is 6.86. The Morgan fingerprint density at radius 2 is 1.95 bits per heavy atom. The Balaban J connectivity index is 1.50. The van der Waals surface area contributed by atoms with Crippen LogP contribution in [0.1, 0.15) is 60.9 Å². The van der Waals surface area contributed by atoms with Crippen LogP contribution < -0.4 is 10.6 Å². The first-order valence-electron chi connectivity index (χ1n) is 13.8. The summed E-state index contributed by atoms with van der Waals surface area (Å²) in [6, 6.07) is 4.26. The molecule has 1 aliphatic carbocycles. The Morgan fingerprint density at radius 3 is 2.61 bits per heavy atom. The van der Waals surface area contributed by atoms with Gasteiger partial charge in [0, 0.05) is 48.9 Å². The quantitative estimate of drug-likeness (QED) is 0.315. The van der Waals surface area contributed by atoms with Crippen molar-refractivity contribution in [2.24, 2.45) is 16.8 Å². The zero-order valence-electron chi connectivity index (χ0n) is 22.0. The van der Waals surface area contributed by atoms with E-state index in [-0.39, 0.29) is 30.8 Å². The summed E-state index contributed by atoms with van der Waals surface area (Å²) in [4.78, 5) is 49.0. The van der Waals surface area contributed by atoms with Gasteiger partial charge in [-0.2, -0.15) is 0 Å². The van der Waals surface area contributed by atoms with Crippen LogP contribution in [0.3, 0.4) is 0 Å². The molecular weight excluding hydrogens is 486 g/mol. The number of carbonyl (C=O) groups excluding carboxylic acids is 3. The molecular formula is C27H37N7O4. The molecule has 0 unspecified atom stereocenters. The third kappa shape index (κ3) is 4.98. The van der Waals surface area contributed by atoms with E-state index in [9.17, 15) is 14.4 Å². The lowest BCUT2D eigenvalue weighted by Gasteiger charge is -2.37. The summed E-state index contributed by atoms with van der Waals surface area (Å²) in [5.74, 6) is -1.54. The number of fused-ring (bicyclic) bond motifs is 1. The Kier molecular flexibility index (Phi) is 7.88. The molecule has 11 heteroatoms. The summed E-state index contributed by atoms with van der Waals surface area (Å²) >= 11 is 0. The number of rotatable bonds is 8. The second-order valence-corrected chi connectivity index (χ2v) is 10.9. The lowest BCUT2D eigenvalue weighted by molar-refractivity contribution is -0.138. The molecule has 3 saturated heterocycles. The molecule has 11 nitrogen and oxygen atoms in total. The molecule has 1 aromatic rings. The van der Waals surface area contributed by atoms with E-state index in [1.807, 2.05) is 12.1 Å². The molecule has 5 rings (SSSR count). The smallest absolute Gasteiger partial charge is 0.249 e. The third-order valence-electron chi connectivity index (χ3n) is 8.69. The predicted octanol–water partition coefficient (Wildman–Crippen LogP) is 2.45. The lowest BCUT2D eigenvalue weighted by Crippen LogP contribution is -2.47. The number of primary amides is 1. The molecule has 1 saturated carbocycles. The van der Waals surface area contributed by atoms with Crippen molar-refractivity contribution in [3.63, 3.8) is 0 Å². The van der Waals surface area contributed by atoms with Gasteiger partial charge in [0.2, 0.25) is 11.8 Å². The van der Waals surface area contributed by atoms with Gasteiger partial charge in [-0.3, -0.25) is 19.3 Å². The van der Waals surface area contributed by atoms with Crippen LogP contribution in [0.4, 0.5) is 5.69 Å². The summed E-state index contributed by atoms with van der Waals surface area (Å²) < 4.78 is 5.64. The normalized spacial score (nSPS) is 26.9. The summed E-state index contributed by atoms with van der Waals surface area (Å²) in [5.41, 5.74) is 16.9. The maximum atomic E-state index is 14.4. The minimum Gasteiger partial charge on any atom is -0.369 e. The minimum atomic E-state index is -0.770. The number of ketones is 1. The van der Waals surface area contributed by atoms with Crippen LogP contribution in [0, 0.1) is 5.92 Å². The number of piperazine rings is 1. The average molecular weight is 524 g/mol. The van der Waals surface area contributed by atoms with Gasteiger partial charge in [0.15, 0.2) is 5.78 Å². The maximum Gasteiger partial charge on any atom is 0.249 e. The molecule has 2 amide bonds. The number of hydrogen-bond acceptors (Lipinski definition) is 7.